The van der Waals surface area contributed by atoms with Crippen LogP contribution < -0.4 is 11.5 Å². The third kappa shape index (κ3) is 2.47. The minimum Gasteiger partial charge on any atom is -0.366 e. The SMILES string of the molecule is NC(=O)c1ccc(CN2CC(N)C2)c([N+](=O)[O-])c1. The third-order valence-corrected chi connectivity index (χ3v) is 2.95. The summed E-state index contributed by atoms with van der Waals surface area (Å²) in [5.74, 6) is -0.671. The summed E-state index contributed by atoms with van der Waals surface area (Å²) in [6.45, 7) is 1.92. The molecule has 1 saturated heterocycles. The molecule has 0 atom stereocenters. The number of likely N-dealkylation sites (tertiary alicyclic amines) is 1. The third-order valence-electron chi connectivity index (χ3n) is 2.95. The van der Waals surface area contributed by atoms with Gasteiger partial charge in [0, 0.05) is 42.9 Å². The molecule has 1 amide bonds. The number of hydrogen-bond donors (Lipinski definition) is 2. The van der Waals surface area contributed by atoms with Crippen molar-refractivity contribution >= 4 is 11.6 Å². The van der Waals surface area contributed by atoms with Crippen LogP contribution in [0.15, 0.2) is 18.2 Å². The molecule has 18 heavy (non-hydrogen) atoms. The fourth-order valence-corrected chi connectivity index (χ4v) is 2.00. The predicted octanol–water partition coefficient (Wildman–Crippen LogP) is -0.163. The first-order valence-corrected chi connectivity index (χ1v) is 5.52. The lowest BCUT2D eigenvalue weighted by Crippen LogP contribution is -2.54. The van der Waals surface area contributed by atoms with Gasteiger partial charge in [-0.3, -0.25) is 19.8 Å². The summed E-state index contributed by atoms with van der Waals surface area (Å²) in [6.07, 6.45) is 0. The van der Waals surface area contributed by atoms with Crippen molar-refractivity contribution in [3.8, 4) is 0 Å². The molecule has 0 aromatic heterocycles. The Hall–Kier alpha value is -1.99. The molecule has 2 rings (SSSR count). The van der Waals surface area contributed by atoms with Crippen LogP contribution in [-0.4, -0.2) is 34.9 Å². The van der Waals surface area contributed by atoms with Gasteiger partial charge in [0.2, 0.25) is 5.91 Å². The first kappa shape index (κ1) is 12.5. The van der Waals surface area contributed by atoms with Gasteiger partial charge >= 0.3 is 0 Å². The Morgan fingerprint density at radius 2 is 2.17 bits per heavy atom. The molecular weight excluding hydrogens is 236 g/mol. The molecule has 0 aliphatic carbocycles. The normalized spacial score (nSPS) is 16.3. The Balaban J connectivity index is 2.23. The van der Waals surface area contributed by atoms with Gasteiger partial charge in [0.05, 0.1) is 4.92 Å². The lowest BCUT2D eigenvalue weighted by atomic mass is 10.0. The van der Waals surface area contributed by atoms with Gasteiger partial charge in [-0.2, -0.15) is 0 Å². The van der Waals surface area contributed by atoms with E-state index in [0.29, 0.717) is 12.1 Å². The maximum Gasteiger partial charge on any atom is 0.274 e. The van der Waals surface area contributed by atoms with E-state index >= 15 is 0 Å². The van der Waals surface area contributed by atoms with Crippen LogP contribution >= 0.6 is 0 Å². The molecule has 1 aliphatic rings. The van der Waals surface area contributed by atoms with E-state index in [1.165, 1.54) is 12.1 Å². The van der Waals surface area contributed by atoms with Crippen molar-refractivity contribution in [1.29, 1.82) is 0 Å². The second-order valence-corrected chi connectivity index (χ2v) is 4.42. The molecule has 0 saturated carbocycles. The second kappa shape index (κ2) is 4.71. The molecule has 0 spiro atoms. The fraction of sp³-hybridized carbons (Fsp3) is 0.364. The van der Waals surface area contributed by atoms with Crippen LogP contribution in [0.3, 0.4) is 0 Å². The van der Waals surface area contributed by atoms with Gasteiger partial charge in [-0.1, -0.05) is 6.07 Å². The molecular formula is C11H14N4O3. The fourth-order valence-electron chi connectivity index (χ4n) is 2.00. The number of benzene rings is 1. The molecule has 7 heteroatoms. The molecule has 0 radical (unpaired) electrons. The molecule has 4 N–H and O–H groups in total. The van der Waals surface area contributed by atoms with E-state index in [0.717, 1.165) is 13.1 Å². The smallest absolute Gasteiger partial charge is 0.274 e. The monoisotopic (exact) mass is 250 g/mol. The first-order valence-electron chi connectivity index (χ1n) is 5.52. The molecule has 0 bridgehead atoms. The number of primary amides is 1. The summed E-state index contributed by atoms with van der Waals surface area (Å²) >= 11 is 0. The van der Waals surface area contributed by atoms with Gasteiger partial charge in [-0.15, -0.1) is 0 Å². The van der Waals surface area contributed by atoms with Crippen molar-refractivity contribution < 1.29 is 9.72 Å². The zero-order valence-corrected chi connectivity index (χ0v) is 9.70. The Labute approximate surface area is 104 Å². The van der Waals surface area contributed by atoms with Gasteiger partial charge < -0.3 is 11.5 Å². The predicted molar refractivity (Wildman–Crippen MR) is 64.9 cm³/mol. The lowest BCUT2D eigenvalue weighted by Gasteiger charge is -2.36. The average molecular weight is 250 g/mol. The van der Waals surface area contributed by atoms with E-state index in [2.05, 4.69) is 0 Å². The van der Waals surface area contributed by atoms with Gasteiger partial charge in [0.25, 0.3) is 5.69 Å². The average Bonchev–Trinajstić information content (AvgIpc) is 2.26. The van der Waals surface area contributed by atoms with Crippen molar-refractivity contribution in [3.05, 3.63) is 39.4 Å². The highest BCUT2D eigenvalue weighted by atomic mass is 16.6. The van der Waals surface area contributed by atoms with Gasteiger partial charge in [-0.05, 0) is 6.07 Å². The number of nitro groups is 1. The van der Waals surface area contributed by atoms with Gasteiger partial charge in [-0.25, -0.2) is 0 Å². The number of nitrogens with zero attached hydrogens (tertiary/aromatic N) is 2. The van der Waals surface area contributed by atoms with Gasteiger partial charge in [0.1, 0.15) is 0 Å². The Morgan fingerprint density at radius 3 is 2.67 bits per heavy atom. The molecule has 7 nitrogen and oxygen atoms in total. The Morgan fingerprint density at radius 1 is 1.50 bits per heavy atom. The van der Waals surface area contributed by atoms with Crippen LogP contribution in [0.25, 0.3) is 0 Å². The van der Waals surface area contributed by atoms with Crippen molar-refractivity contribution in [1.82, 2.24) is 4.90 Å². The van der Waals surface area contributed by atoms with E-state index in [1.807, 2.05) is 4.90 Å². The number of nitrogens with two attached hydrogens (primary N) is 2. The van der Waals surface area contributed by atoms with Crippen LogP contribution in [0.2, 0.25) is 0 Å². The molecule has 1 heterocycles. The topological polar surface area (TPSA) is 115 Å². The van der Waals surface area contributed by atoms with E-state index in [1.54, 1.807) is 6.07 Å². The number of nitro benzene ring substituents is 1. The van der Waals surface area contributed by atoms with E-state index in [9.17, 15) is 14.9 Å². The summed E-state index contributed by atoms with van der Waals surface area (Å²) in [4.78, 5) is 23.5. The lowest BCUT2D eigenvalue weighted by molar-refractivity contribution is -0.385. The summed E-state index contributed by atoms with van der Waals surface area (Å²) < 4.78 is 0. The molecule has 1 aromatic carbocycles. The van der Waals surface area contributed by atoms with E-state index in [-0.39, 0.29) is 17.3 Å². The minimum absolute atomic E-state index is 0.0771. The molecule has 1 aliphatic heterocycles. The number of rotatable bonds is 4. The highest BCUT2D eigenvalue weighted by molar-refractivity contribution is 5.93. The molecule has 1 aromatic rings. The highest BCUT2D eigenvalue weighted by Crippen LogP contribution is 2.23. The van der Waals surface area contributed by atoms with Crippen molar-refractivity contribution in [2.75, 3.05) is 13.1 Å². The van der Waals surface area contributed by atoms with Crippen molar-refractivity contribution in [2.24, 2.45) is 11.5 Å². The number of carbonyl (C=O) groups is 1. The first-order chi connectivity index (χ1) is 8.47. The van der Waals surface area contributed by atoms with Crippen molar-refractivity contribution in [2.45, 2.75) is 12.6 Å². The zero-order chi connectivity index (χ0) is 13.3. The van der Waals surface area contributed by atoms with Crippen LogP contribution in [0, 0.1) is 10.1 Å². The summed E-state index contributed by atoms with van der Waals surface area (Å²) in [5, 5.41) is 11.0. The molecule has 1 fully saturated rings. The Bertz CT molecular complexity index is 497. The van der Waals surface area contributed by atoms with Gasteiger partial charge in [0.15, 0.2) is 0 Å². The summed E-state index contributed by atoms with van der Waals surface area (Å²) in [7, 11) is 0. The highest BCUT2D eigenvalue weighted by Gasteiger charge is 2.26. The zero-order valence-electron chi connectivity index (χ0n) is 9.70. The number of amides is 1. The van der Waals surface area contributed by atoms with Crippen LogP contribution in [0.5, 0.6) is 0 Å². The largest absolute Gasteiger partial charge is 0.366 e. The number of carbonyl (C=O) groups excluding carboxylic acids is 1. The molecule has 0 unspecified atom stereocenters. The van der Waals surface area contributed by atoms with Crippen LogP contribution in [-0.2, 0) is 6.54 Å². The quantitative estimate of drug-likeness (QED) is 0.569. The minimum atomic E-state index is -0.671. The van der Waals surface area contributed by atoms with Crippen LogP contribution in [0.1, 0.15) is 15.9 Å². The van der Waals surface area contributed by atoms with E-state index in [4.69, 9.17) is 11.5 Å². The number of hydrogen-bond acceptors (Lipinski definition) is 5. The Kier molecular flexibility index (Phi) is 3.26. The second-order valence-electron chi connectivity index (χ2n) is 4.42. The summed E-state index contributed by atoms with van der Waals surface area (Å²) in [6, 6.07) is 4.44. The standard InChI is InChI=1S/C11H14N4O3/c12-9-5-14(6-9)4-8-2-1-7(11(13)16)3-10(8)15(17)18/h1-3,9H,4-6,12H2,(H2,13,16). The maximum absolute atomic E-state index is 11.0. The van der Waals surface area contributed by atoms with Crippen LogP contribution in [0.4, 0.5) is 5.69 Å². The van der Waals surface area contributed by atoms with Crippen molar-refractivity contribution in [3.63, 3.8) is 0 Å². The van der Waals surface area contributed by atoms with E-state index < -0.39 is 10.8 Å². The molecule has 96 valence electrons. The summed E-state index contributed by atoms with van der Waals surface area (Å²) in [5.41, 5.74) is 11.4. The maximum atomic E-state index is 11.0.